The van der Waals surface area contributed by atoms with Crippen molar-refractivity contribution in [3.8, 4) is 27.4 Å². The van der Waals surface area contributed by atoms with E-state index in [1.165, 1.54) is 4.90 Å². The molecule has 0 radical (unpaired) electrons. The predicted molar refractivity (Wildman–Crippen MR) is 250 cm³/mol. The molecule has 64 heavy (non-hydrogen) atoms. The summed E-state index contributed by atoms with van der Waals surface area (Å²) < 4.78 is 1.99. The van der Waals surface area contributed by atoms with Crippen molar-refractivity contribution in [3.05, 3.63) is 71.4 Å². The molecule has 0 bridgehead atoms. The first-order chi connectivity index (χ1) is 30.7. The van der Waals surface area contributed by atoms with Crippen LogP contribution in [0.4, 0.5) is 5.82 Å². The number of aromatic hydroxyl groups is 1. The molecule has 4 atom stereocenters. The number of thiazole rings is 1. The second-order valence-electron chi connectivity index (χ2n) is 18.6. The summed E-state index contributed by atoms with van der Waals surface area (Å²) in [5.74, 6) is -0.352. The van der Waals surface area contributed by atoms with Crippen LogP contribution < -0.4 is 16.4 Å². The number of unbranched alkanes of at least 4 members (excludes halogenated alkanes) is 5. The number of phenolic OH excluding ortho intramolecular Hbond substituents is 1. The highest BCUT2D eigenvalue weighted by Crippen LogP contribution is 2.34. The van der Waals surface area contributed by atoms with Gasteiger partial charge in [0, 0.05) is 38.0 Å². The lowest BCUT2D eigenvalue weighted by Gasteiger charge is -2.35. The van der Waals surface area contributed by atoms with E-state index in [2.05, 4.69) is 35.8 Å². The summed E-state index contributed by atoms with van der Waals surface area (Å²) in [6.45, 7) is 12.6. The molecule has 0 saturated carbocycles. The SMILES string of the molecule is Cc1ncsc1-c1ccc([C@H](C)NC(=O)[C@@H]2C[C@@H](O)CN2C(=O)[C@@H](NC(=O)CCCCCCCCN2CCC(n3nc(N)c4nnc(-c5ccccc5O)cc43)CC2)C(C)(C)C)cc1. The van der Waals surface area contributed by atoms with Crippen LogP contribution in [0.2, 0.25) is 0 Å². The number of nitrogens with two attached hydrogens (primary N) is 1. The zero-order valence-corrected chi connectivity index (χ0v) is 38.6. The van der Waals surface area contributed by atoms with Crippen molar-refractivity contribution in [2.24, 2.45) is 5.41 Å². The Labute approximate surface area is 379 Å². The van der Waals surface area contributed by atoms with Crippen LogP contribution in [0.5, 0.6) is 5.75 Å². The van der Waals surface area contributed by atoms with Crippen molar-refractivity contribution in [1.29, 1.82) is 0 Å². The molecule has 2 aliphatic rings. The normalized spacial score (nSPS) is 18.3. The largest absolute Gasteiger partial charge is 0.507 e. The van der Waals surface area contributed by atoms with Crippen molar-refractivity contribution in [3.63, 3.8) is 0 Å². The van der Waals surface area contributed by atoms with Gasteiger partial charge in [-0.05, 0) is 80.8 Å². The van der Waals surface area contributed by atoms with Crippen LogP contribution in [-0.4, -0.2) is 107 Å². The first kappa shape index (κ1) is 46.5. The van der Waals surface area contributed by atoms with E-state index >= 15 is 0 Å². The third-order valence-corrected chi connectivity index (χ3v) is 13.7. The standard InChI is InChI=1S/C48H64N10O5S/c1-30(32-17-19-33(20-18-32)43-31(2)50-29-64-43)51-46(62)39-26-35(59)28-57(39)47(63)44(48(3,4)5)52-41(61)16-10-8-6-7-9-13-23-56-24-21-34(22-25-56)58-38-27-37(36-14-11-12-15-40(36)60)53-54-42(38)45(49)55-58/h11-12,14-15,17-20,27,29-30,34-35,39,44,59-60H,6-10,13,16,21-26,28H2,1-5H3,(H2,49,55)(H,51,62)(H,52,61)/t30-,35+,39-,44+/m0/s1. The van der Waals surface area contributed by atoms with Gasteiger partial charge in [-0.25, -0.2) is 4.98 Å². The van der Waals surface area contributed by atoms with Crippen molar-refractivity contribution < 1.29 is 24.6 Å². The zero-order chi connectivity index (χ0) is 45.5. The Morgan fingerprint density at radius 1 is 0.953 bits per heavy atom. The molecular formula is C48H64N10O5S. The number of anilines is 1. The molecule has 7 rings (SSSR count). The molecule has 2 saturated heterocycles. The maximum atomic E-state index is 14.1. The number of para-hydroxylation sites is 1. The fraction of sp³-hybridized carbons (Fsp3) is 0.521. The van der Waals surface area contributed by atoms with E-state index in [1.54, 1.807) is 23.5 Å². The monoisotopic (exact) mass is 892 g/mol. The van der Waals surface area contributed by atoms with Crippen LogP contribution in [0.3, 0.4) is 0 Å². The molecule has 5 aromatic rings. The number of hydrogen-bond donors (Lipinski definition) is 5. The van der Waals surface area contributed by atoms with Gasteiger partial charge in [-0.1, -0.05) is 82.9 Å². The Bertz CT molecular complexity index is 2390. The summed E-state index contributed by atoms with van der Waals surface area (Å²) in [5, 5.41) is 40.4. The van der Waals surface area contributed by atoms with Crippen LogP contribution in [0.15, 0.2) is 60.1 Å². The molecule has 6 N–H and O–H groups in total. The second kappa shape index (κ2) is 20.6. The predicted octanol–water partition coefficient (Wildman–Crippen LogP) is 6.95. The molecule has 2 aliphatic heterocycles. The highest BCUT2D eigenvalue weighted by Gasteiger charge is 2.44. The van der Waals surface area contributed by atoms with Gasteiger partial charge in [-0.3, -0.25) is 19.1 Å². The smallest absolute Gasteiger partial charge is 0.246 e. The summed E-state index contributed by atoms with van der Waals surface area (Å²) in [7, 11) is 0. The van der Waals surface area contributed by atoms with E-state index in [9.17, 15) is 24.6 Å². The molecule has 0 aliphatic carbocycles. The summed E-state index contributed by atoms with van der Waals surface area (Å²) >= 11 is 1.59. The Morgan fingerprint density at radius 2 is 1.66 bits per heavy atom. The molecule has 16 heteroatoms. The summed E-state index contributed by atoms with van der Waals surface area (Å²) in [4.78, 5) is 50.4. The average Bonchev–Trinajstić information content (AvgIpc) is 3.99. The lowest BCUT2D eigenvalue weighted by Crippen LogP contribution is -2.57. The number of aromatic nitrogens is 5. The van der Waals surface area contributed by atoms with Gasteiger partial charge in [-0.2, -0.15) is 5.10 Å². The fourth-order valence-electron chi connectivity index (χ4n) is 9.02. The zero-order valence-electron chi connectivity index (χ0n) is 37.8. The number of fused-ring (bicyclic) bond motifs is 1. The number of piperidine rings is 1. The van der Waals surface area contributed by atoms with E-state index in [1.807, 2.05) is 87.3 Å². The van der Waals surface area contributed by atoms with Crippen LogP contribution in [0.25, 0.3) is 32.7 Å². The van der Waals surface area contributed by atoms with E-state index < -0.39 is 23.6 Å². The maximum Gasteiger partial charge on any atom is 0.246 e. The van der Waals surface area contributed by atoms with Gasteiger partial charge in [0.15, 0.2) is 11.3 Å². The molecule has 3 aromatic heterocycles. The Morgan fingerprint density at radius 3 is 2.34 bits per heavy atom. The third-order valence-electron chi connectivity index (χ3n) is 12.8. The van der Waals surface area contributed by atoms with E-state index in [-0.39, 0.29) is 48.5 Å². The summed E-state index contributed by atoms with van der Waals surface area (Å²) in [5.41, 5.74) is 13.0. The van der Waals surface area contributed by atoms with Crippen LogP contribution in [0, 0.1) is 12.3 Å². The molecule has 2 aromatic carbocycles. The number of nitrogens with one attached hydrogen (secondary N) is 2. The van der Waals surface area contributed by atoms with Crippen LogP contribution in [-0.2, 0) is 14.4 Å². The van der Waals surface area contributed by atoms with Crippen molar-refractivity contribution in [2.45, 2.75) is 129 Å². The maximum absolute atomic E-state index is 14.1. The minimum Gasteiger partial charge on any atom is -0.507 e. The molecule has 0 spiro atoms. The van der Waals surface area contributed by atoms with Gasteiger partial charge in [0.05, 0.1) is 45.5 Å². The molecule has 3 amide bonds. The highest BCUT2D eigenvalue weighted by molar-refractivity contribution is 7.13. The number of β-amino-alcohol motifs (C(OH)–C–C–N with tert-alkyl or cyclic N) is 1. The number of nitrogen functional groups attached to an aromatic ring is 1. The van der Waals surface area contributed by atoms with Crippen molar-refractivity contribution >= 4 is 45.9 Å². The van der Waals surface area contributed by atoms with Gasteiger partial charge in [0.25, 0.3) is 0 Å². The lowest BCUT2D eigenvalue weighted by molar-refractivity contribution is -0.144. The Kier molecular flexibility index (Phi) is 15.0. The number of carbonyl (C=O) groups excluding carboxylic acids is 3. The van der Waals surface area contributed by atoms with E-state index in [4.69, 9.17) is 5.73 Å². The molecule has 5 heterocycles. The number of aliphatic hydroxyl groups is 1. The first-order valence-corrected chi connectivity index (χ1v) is 23.7. The van der Waals surface area contributed by atoms with E-state index in [0.717, 1.165) is 98.2 Å². The number of carbonyl (C=O) groups is 3. The first-order valence-electron chi connectivity index (χ1n) is 22.8. The highest BCUT2D eigenvalue weighted by atomic mass is 32.1. The van der Waals surface area contributed by atoms with Gasteiger partial charge in [-0.15, -0.1) is 21.5 Å². The minimum absolute atomic E-state index is 0.0345. The molecule has 0 unspecified atom stereocenters. The number of phenols is 1. The molecule has 2 fully saturated rings. The second-order valence-corrected chi connectivity index (χ2v) is 19.5. The van der Waals surface area contributed by atoms with Gasteiger partial charge in [0.2, 0.25) is 17.7 Å². The van der Waals surface area contributed by atoms with Gasteiger partial charge >= 0.3 is 0 Å². The summed E-state index contributed by atoms with van der Waals surface area (Å²) in [6.07, 6.45) is 7.54. The van der Waals surface area contributed by atoms with E-state index in [0.29, 0.717) is 29.0 Å². The minimum atomic E-state index is -0.847. The number of benzene rings is 2. The number of rotatable bonds is 17. The molecule has 342 valence electrons. The lowest BCUT2D eigenvalue weighted by atomic mass is 9.85. The number of aliphatic hydroxyl groups excluding tert-OH is 1. The number of aryl methyl sites for hydroxylation is 1. The molecule has 15 nitrogen and oxygen atoms in total. The number of hydrogen-bond acceptors (Lipinski definition) is 12. The van der Waals surface area contributed by atoms with Crippen LogP contribution >= 0.6 is 11.3 Å². The number of nitrogens with zero attached hydrogens (tertiary/aromatic N) is 7. The topological polar surface area (TPSA) is 205 Å². The van der Waals surface area contributed by atoms with Gasteiger partial charge < -0.3 is 36.4 Å². The quantitative estimate of drug-likeness (QED) is 0.0605. The fourth-order valence-corrected chi connectivity index (χ4v) is 9.83. The van der Waals surface area contributed by atoms with Crippen molar-refractivity contribution in [1.82, 2.24) is 45.4 Å². The van der Waals surface area contributed by atoms with Crippen LogP contribution in [0.1, 0.15) is 115 Å². The average molecular weight is 893 g/mol. The summed E-state index contributed by atoms with van der Waals surface area (Å²) in [6, 6.07) is 15.2. The van der Waals surface area contributed by atoms with Crippen molar-refractivity contribution in [2.75, 3.05) is 31.9 Å². The van der Waals surface area contributed by atoms with Gasteiger partial charge in [0.1, 0.15) is 17.8 Å². The Balaban J connectivity index is 0.807. The molecular weight excluding hydrogens is 829 g/mol. The number of likely N-dealkylation sites (tertiary alicyclic amines) is 2. The Hall–Kier alpha value is -5.45. The number of amides is 3. The third kappa shape index (κ3) is 11.1.